The van der Waals surface area contributed by atoms with Crippen molar-refractivity contribution in [2.45, 2.75) is 19.5 Å². The van der Waals surface area contributed by atoms with E-state index in [1.807, 2.05) is 0 Å². The molecule has 0 rings (SSSR count). The van der Waals surface area contributed by atoms with Gasteiger partial charge in [0.1, 0.15) is 0 Å². The van der Waals surface area contributed by atoms with Gasteiger partial charge in [-0.05, 0) is 12.6 Å². The van der Waals surface area contributed by atoms with Crippen LogP contribution in [0.3, 0.4) is 0 Å². The maximum Gasteiger partial charge on any atom is 0.302 e. The van der Waals surface area contributed by atoms with Gasteiger partial charge >= 0.3 is 5.97 Å². The maximum absolute atomic E-state index is 10.1. The van der Waals surface area contributed by atoms with Crippen LogP contribution < -0.4 is 0 Å². The molecule has 4 heteroatoms. The Morgan fingerprint density at radius 1 is 1.78 bits per heavy atom. The molecule has 1 atom stereocenters. The minimum absolute atomic E-state index is 0.273. The predicted octanol–water partition coefficient (Wildman–Crippen LogP) is -0.105. The lowest BCUT2D eigenvalue weighted by Crippen LogP contribution is -2.10. The largest absolute Gasteiger partial charge is 0.466 e. The van der Waals surface area contributed by atoms with Crippen molar-refractivity contribution in [1.29, 1.82) is 0 Å². The molecule has 3 nitrogen and oxygen atoms in total. The SMILES string of the molecule is CC(=O)OCC[SiH](C)O. The molecule has 0 radical (unpaired) electrons. The molecule has 0 amide bonds. The molecule has 0 fully saturated rings. The molecule has 0 aromatic carbocycles. The monoisotopic (exact) mass is 148 g/mol. The molecule has 0 aromatic heterocycles. The molecule has 0 spiro atoms. The molecule has 0 saturated heterocycles. The van der Waals surface area contributed by atoms with Crippen molar-refractivity contribution < 1.29 is 14.3 Å². The summed E-state index contributed by atoms with van der Waals surface area (Å²) in [5.74, 6) is -0.273. The second kappa shape index (κ2) is 4.52. The second-order valence-electron chi connectivity index (χ2n) is 1.98. The molecule has 0 aliphatic heterocycles. The van der Waals surface area contributed by atoms with Crippen molar-refractivity contribution in [3.63, 3.8) is 0 Å². The summed E-state index contributed by atoms with van der Waals surface area (Å²) in [6.07, 6.45) is 0. The Kier molecular flexibility index (Phi) is 4.34. The zero-order chi connectivity index (χ0) is 7.28. The normalized spacial score (nSPS) is 12.8. The fraction of sp³-hybridized carbons (Fsp3) is 0.800. The summed E-state index contributed by atoms with van der Waals surface area (Å²) < 4.78 is 4.59. The third-order valence-electron chi connectivity index (χ3n) is 0.841. The van der Waals surface area contributed by atoms with Crippen LogP contribution in [0.1, 0.15) is 6.92 Å². The lowest BCUT2D eigenvalue weighted by Gasteiger charge is -2.00. The highest BCUT2D eigenvalue weighted by atomic mass is 28.3. The van der Waals surface area contributed by atoms with Gasteiger partial charge in [0.15, 0.2) is 9.04 Å². The Balaban J connectivity index is 3.01. The fourth-order valence-corrected chi connectivity index (χ4v) is 0.832. The van der Waals surface area contributed by atoms with Crippen LogP contribution in [0.15, 0.2) is 0 Å². The third-order valence-corrected chi connectivity index (χ3v) is 1.91. The van der Waals surface area contributed by atoms with Gasteiger partial charge < -0.3 is 9.53 Å². The molecular formula is C5H12O3Si. The van der Waals surface area contributed by atoms with E-state index in [2.05, 4.69) is 4.74 Å². The number of ether oxygens (including phenoxy) is 1. The van der Waals surface area contributed by atoms with Crippen molar-refractivity contribution in [2.75, 3.05) is 6.61 Å². The summed E-state index contributed by atoms with van der Waals surface area (Å²) in [6.45, 7) is 3.53. The van der Waals surface area contributed by atoms with E-state index in [0.717, 1.165) is 0 Å². The van der Waals surface area contributed by atoms with Gasteiger partial charge in [-0.15, -0.1) is 0 Å². The topological polar surface area (TPSA) is 46.5 Å². The van der Waals surface area contributed by atoms with Gasteiger partial charge in [0.2, 0.25) is 0 Å². The van der Waals surface area contributed by atoms with E-state index in [1.54, 1.807) is 6.55 Å². The van der Waals surface area contributed by atoms with E-state index in [4.69, 9.17) is 4.80 Å². The highest BCUT2D eigenvalue weighted by Crippen LogP contribution is 1.88. The van der Waals surface area contributed by atoms with Crippen LogP contribution >= 0.6 is 0 Å². The summed E-state index contributed by atoms with van der Waals surface area (Å²) in [4.78, 5) is 18.9. The summed E-state index contributed by atoms with van der Waals surface area (Å²) in [7, 11) is -1.51. The maximum atomic E-state index is 10.1. The summed E-state index contributed by atoms with van der Waals surface area (Å²) in [5, 5.41) is 0. The Morgan fingerprint density at radius 2 is 2.33 bits per heavy atom. The van der Waals surface area contributed by atoms with E-state index < -0.39 is 9.04 Å². The highest BCUT2D eigenvalue weighted by molar-refractivity contribution is 6.48. The van der Waals surface area contributed by atoms with Gasteiger partial charge in [0.05, 0.1) is 6.61 Å². The van der Waals surface area contributed by atoms with Gasteiger partial charge in [-0.1, -0.05) is 0 Å². The first kappa shape index (κ1) is 8.65. The number of carbonyl (C=O) groups is 1. The van der Waals surface area contributed by atoms with Crippen LogP contribution in [0, 0.1) is 0 Å². The molecule has 1 N–H and O–H groups in total. The van der Waals surface area contributed by atoms with Gasteiger partial charge in [-0.3, -0.25) is 4.79 Å². The molecule has 54 valence electrons. The van der Waals surface area contributed by atoms with Crippen LogP contribution in [0.5, 0.6) is 0 Å². The minimum atomic E-state index is -1.51. The Bertz CT molecular complexity index is 92.2. The standard InChI is InChI=1S/C5H12O3Si/c1-5(6)8-3-4-9(2)7/h7,9H,3-4H2,1-2H3. The van der Waals surface area contributed by atoms with Gasteiger partial charge in [0.25, 0.3) is 0 Å². The van der Waals surface area contributed by atoms with Crippen molar-refractivity contribution in [1.82, 2.24) is 0 Å². The molecule has 0 aliphatic carbocycles. The van der Waals surface area contributed by atoms with Gasteiger partial charge in [-0.2, -0.15) is 0 Å². The highest BCUT2D eigenvalue weighted by Gasteiger charge is 1.98. The lowest BCUT2D eigenvalue weighted by atomic mass is 10.8. The minimum Gasteiger partial charge on any atom is -0.466 e. The number of esters is 1. The van der Waals surface area contributed by atoms with E-state index in [9.17, 15) is 4.79 Å². The zero-order valence-corrected chi connectivity index (χ0v) is 6.91. The smallest absolute Gasteiger partial charge is 0.302 e. The van der Waals surface area contributed by atoms with Crippen LogP contribution in [0.25, 0.3) is 0 Å². The Labute approximate surface area is 56.4 Å². The molecular weight excluding hydrogens is 136 g/mol. The Morgan fingerprint density at radius 3 is 2.67 bits per heavy atom. The average molecular weight is 148 g/mol. The van der Waals surface area contributed by atoms with E-state index >= 15 is 0 Å². The van der Waals surface area contributed by atoms with Crippen molar-refractivity contribution in [3.8, 4) is 0 Å². The first-order valence-electron chi connectivity index (χ1n) is 2.94. The van der Waals surface area contributed by atoms with Gasteiger partial charge in [-0.25, -0.2) is 0 Å². The average Bonchev–Trinajstić information content (AvgIpc) is 1.63. The van der Waals surface area contributed by atoms with Crippen LogP contribution in [0.4, 0.5) is 0 Å². The second-order valence-corrected chi connectivity index (χ2v) is 4.25. The van der Waals surface area contributed by atoms with E-state index in [0.29, 0.717) is 12.7 Å². The van der Waals surface area contributed by atoms with Crippen molar-refractivity contribution in [3.05, 3.63) is 0 Å². The first-order valence-corrected chi connectivity index (χ1v) is 5.43. The molecule has 1 unspecified atom stereocenters. The summed E-state index contributed by atoms with van der Waals surface area (Å²) >= 11 is 0. The molecule has 0 aliphatic rings. The van der Waals surface area contributed by atoms with Crippen LogP contribution in [0.2, 0.25) is 12.6 Å². The zero-order valence-electron chi connectivity index (χ0n) is 5.76. The predicted molar refractivity (Wildman–Crippen MR) is 36.7 cm³/mol. The number of hydrogen-bond acceptors (Lipinski definition) is 3. The molecule has 0 aromatic rings. The molecule has 0 heterocycles. The number of rotatable bonds is 3. The fourth-order valence-electron chi connectivity index (χ4n) is 0.373. The molecule has 0 bridgehead atoms. The third kappa shape index (κ3) is 7.65. The van der Waals surface area contributed by atoms with E-state index in [1.165, 1.54) is 6.92 Å². The van der Waals surface area contributed by atoms with E-state index in [-0.39, 0.29) is 5.97 Å². The molecule has 9 heavy (non-hydrogen) atoms. The Hall–Kier alpha value is -0.353. The molecule has 0 saturated carbocycles. The quantitative estimate of drug-likeness (QED) is 0.449. The lowest BCUT2D eigenvalue weighted by molar-refractivity contribution is -0.140. The first-order chi connectivity index (χ1) is 4.13. The number of carbonyl (C=O) groups excluding carboxylic acids is 1. The van der Waals surface area contributed by atoms with Gasteiger partial charge in [0, 0.05) is 6.92 Å². The van der Waals surface area contributed by atoms with Crippen molar-refractivity contribution >= 4 is 15.0 Å². The summed E-state index contributed by atoms with van der Waals surface area (Å²) in [6, 6.07) is 0.652. The van der Waals surface area contributed by atoms with Crippen LogP contribution in [-0.2, 0) is 9.53 Å². The summed E-state index contributed by atoms with van der Waals surface area (Å²) in [5.41, 5.74) is 0. The van der Waals surface area contributed by atoms with Crippen LogP contribution in [-0.4, -0.2) is 26.4 Å². The van der Waals surface area contributed by atoms with Crippen molar-refractivity contribution in [2.24, 2.45) is 0 Å². The number of hydrogen-bond donors (Lipinski definition) is 1.